The number of aryl methyl sites for hydroxylation is 1. The van der Waals surface area contributed by atoms with Crippen LogP contribution in [0.15, 0.2) is 48.7 Å². The van der Waals surface area contributed by atoms with Crippen molar-refractivity contribution >= 4 is 34.6 Å². The van der Waals surface area contributed by atoms with Gasteiger partial charge in [0.2, 0.25) is 5.91 Å². The Morgan fingerprint density at radius 2 is 1.92 bits per heavy atom. The van der Waals surface area contributed by atoms with Crippen molar-refractivity contribution in [3.63, 3.8) is 0 Å². The van der Waals surface area contributed by atoms with Crippen molar-refractivity contribution in [3.8, 4) is 5.75 Å². The standard InChI is InChI=1S/C29H35N5O2S/c1-18-16-23(19(2)33(18)21-10-6-5-7-11-21)28-27(24-12-8-9-15-30-24)32-29(37)34(28)22-13-14-26(36-4)25(17-22)31-20(3)35/h8-9,12-17,21,27-28H,5-7,10-11H2,1-4H3,(H,31,35)(H,32,37)/t27-,28-/m0/s1. The highest BCUT2D eigenvalue weighted by atomic mass is 32.1. The SMILES string of the molecule is COc1ccc(N2C(=S)N[C@@H](c3ccccn3)[C@@H]2c2cc(C)n(C3CCCCC3)c2C)cc1NC(C)=O. The number of anilines is 2. The molecule has 2 fully saturated rings. The highest BCUT2D eigenvalue weighted by Gasteiger charge is 2.42. The third-order valence-electron chi connectivity index (χ3n) is 7.65. The van der Waals surface area contributed by atoms with Gasteiger partial charge in [0.25, 0.3) is 0 Å². The number of ether oxygens (including phenoxy) is 1. The van der Waals surface area contributed by atoms with Crippen molar-refractivity contribution in [2.24, 2.45) is 0 Å². The first-order chi connectivity index (χ1) is 17.9. The molecule has 1 aliphatic heterocycles. The number of amides is 1. The van der Waals surface area contributed by atoms with Gasteiger partial charge in [-0.25, -0.2) is 0 Å². The van der Waals surface area contributed by atoms with Gasteiger partial charge in [-0.1, -0.05) is 25.3 Å². The van der Waals surface area contributed by atoms with Gasteiger partial charge in [-0.05, 0) is 80.9 Å². The molecule has 7 nitrogen and oxygen atoms in total. The van der Waals surface area contributed by atoms with Crippen molar-refractivity contribution in [1.29, 1.82) is 0 Å². The second kappa shape index (κ2) is 10.5. The van der Waals surface area contributed by atoms with Crippen molar-refractivity contribution in [2.75, 3.05) is 17.3 Å². The number of methoxy groups -OCH3 is 1. The molecule has 2 aromatic heterocycles. The van der Waals surface area contributed by atoms with E-state index >= 15 is 0 Å². The fraction of sp³-hybridized carbons (Fsp3) is 0.414. The fourth-order valence-corrected chi connectivity index (χ4v) is 6.43. The molecule has 1 saturated carbocycles. The van der Waals surface area contributed by atoms with E-state index in [0.29, 0.717) is 22.6 Å². The number of pyridine rings is 1. The zero-order chi connectivity index (χ0) is 26.1. The van der Waals surface area contributed by atoms with E-state index in [1.807, 2.05) is 42.6 Å². The Hall–Kier alpha value is -3.39. The van der Waals surface area contributed by atoms with Gasteiger partial charge in [-0.2, -0.15) is 0 Å². The minimum atomic E-state index is -0.156. The first-order valence-corrected chi connectivity index (χ1v) is 13.4. The average molecular weight is 518 g/mol. The molecule has 2 atom stereocenters. The molecule has 2 N–H and O–H groups in total. The highest BCUT2D eigenvalue weighted by Crippen LogP contribution is 2.45. The largest absolute Gasteiger partial charge is 0.495 e. The Labute approximate surface area is 224 Å². The van der Waals surface area contributed by atoms with Crippen molar-refractivity contribution < 1.29 is 9.53 Å². The van der Waals surface area contributed by atoms with Crippen LogP contribution in [0.1, 0.15) is 79.8 Å². The van der Waals surface area contributed by atoms with Crippen molar-refractivity contribution in [1.82, 2.24) is 14.9 Å². The molecule has 0 unspecified atom stereocenters. The maximum absolute atomic E-state index is 11.9. The number of rotatable bonds is 6. The van der Waals surface area contributed by atoms with Gasteiger partial charge in [-0.3, -0.25) is 9.78 Å². The summed E-state index contributed by atoms with van der Waals surface area (Å²) in [6, 6.07) is 14.4. The number of thiocarbonyl (C=S) groups is 1. The van der Waals surface area contributed by atoms with Crippen LogP contribution in [0, 0.1) is 13.8 Å². The Bertz CT molecular complexity index is 1300. The number of hydrogen-bond donors (Lipinski definition) is 2. The predicted molar refractivity (Wildman–Crippen MR) is 151 cm³/mol. The number of carbonyl (C=O) groups excluding carboxylic acids is 1. The maximum Gasteiger partial charge on any atom is 0.221 e. The molecule has 2 aliphatic rings. The lowest BCUT2D eigenvalue weighted by Gasteiger charge is -2.30. The van der Waals surface area contributed by atoms with Gasteiger partial charge in [0.15, 0.2) is 5.11 Å². The molecule has 1 saturated heterocycles. The number of nitrogens with zero attached hydrogens (tertiary/aromatic N) is 3. The first kappa shape index (κ1) is 25.3. The van der Waals surface area contributed by atoms with Crippen LogP contribution in [0.3, 0.4) is 0 Å². The third-order valence-corrected chi connectivity index (χ3v) is 7.97. The van der Waals surface area contributed by atoms with Gasteiger partial charge >= 0.3 is 0 Å². The summed E-state index contributed by atoms with van der Waals surface area (Å²) in [7, 11) is 1.60. The van der Waals surface area contributed by atoms with Crippen LogP contribution in [0.2, 0.25) is 0 Å². The molecule has 0 spiro atoms. The van der Waals surface area contributed by atoms with Gasteiger partial charge in [0.05, 0.1) is 30.6 Å². The molecule has 1 amide bonds. The summed E-state index contributed by atoms with van der Waals surface area (Å²) < 4.78 is 8.04. The molecular formula is C29H35N5O2S. The van der Waals surface area contributed by atoms with E-state index in [2.05, 4.69) is 40.0 Å². The fourth-order valence-electron chi connectivity index (χ4n) is 6.09. The van der Waals surface area contributed by atoms with Crippen LogP contribution >= 0.6 is 12.2 Å². The van der Waals surface area contributed by atoms with Crippen LogP contribution in [0.25, 0.3) is 0 Å². The van der Waals surface area contributed by atoms with Crippen LogP contribution < -0.4 is 20.3 Å². The van der Waals surface area contributed by atoms with Crippen molar-refractivity contribution in [3.05, 3.63) is 71.3 Å². The van der Waals surface area contributed by atoms with Crippen LogP contribution in [0.5, 0.6) is 5.75 Å². The second-order valence-electron chi connectivity index (χ2n) is 10.1. The number of hydrogen-bond acceptors (Lipinski definition) is 4. The Balaban J connectivity index is 1.63. The van der Waals surface area contributed by atoms with E-state index in [1.165, 1.54) is 56.0 Å². The molecule has 194 valence electrons. The first-order valence-electron chi connectivity index (χ1n) is 13.0. The molecule has 3 heterocycles. The van der Waals surface area contributed by atoms with Gasteiger partial charge in [-0.15, -0.1) is 0 Å². The molecule has 0 bridgehead atoms. The quantitative estimate of drug-likeness (QED) is 0.382. The average Bonchev–Trinajstić information content (AvgIpc) is 3.39. The van der Waals surface area contributed by atoms with E-state index in [9.17, 15) is 4.79 Å². The van der Waals surface area contributed by atoms with E-state index in [-0.39, 0.29) is 18.0 Å². The van der Waals surface area contributed by atoms with Gasteiger partial charge in [0.1, 0.15) is 5.75 Å². The summed E-state index contributed by atoms with van der Waals surface area (Å²) in [6.45, 7) is 5.95. The Kier molecular flexibility index (Phi) is 7.20. The molecule has 1 aliphatic carbocycles. The zero-order valence-electron chi connectivity index (χ0n) is 22.0. The molecular weight excluding hydrogens is 482 g/mol. The molecule has 8 heteroatoms. The third kappa shape index (κ3) is 4.82. The van der Waals surface area contributed by atoms with Crippen LogP contribution in [-0.2, 0) is 4.79 Å². The Morgan fingerprint density at radius 3 is 2.59 bits per heavy atom. The minimum absolute atomic E-state index is 0.107. The van der Waals surface area contributed by atoms with E-state index in [4.69, 9.17) is 21.9 Å². The Morgan fingerprint density at radius 1 is 1.14 bits per heavy atom. The van der Waals surface area contributed by atoms with Crippen LogP contribution in [-0.4, -0.2) is 27.7 Å². The molecule has 5 rings (SSSR count). The lowest BCUT2D eigenvalue weighted by atomic mass is 9.94. The summed E-state index contributed by atoms with van der Waals surface area (Å²) in [4.78, 5) is 18.8. The maximum atomic E-state index is 11.9. The lowest BCUT2D eigenvalue weighted by molar-refractivity contribution is -0.114. The highest BCUT2D eigenvalue weighted by molar-refractivity contribution is 7.80. The summed E-state index contributed by atoms with van der Waals surface area (Å²) >= 11 is 5.94. The van der Waals surface area contributed by atoms with Gasteiger partial charge in [0, 0.05) is 36.2 Å². The molecule has 1 aromatic carbocycles. The summed E-state index contributed by atoms with van der Waals surface area (Å²) in [5, 5.41) is 7.08. The summed E-state index contributed by atoms with van der Waals surface area (Å²) in [5.41, 5.74) is 6.24. The monoisotopic (exact) mass is 517 g/mol. The molecule has 37 heavy (non-hydrogen) atoms. The van der Waals surface area contributed by atoms with Crippen LogP contribution in [0.4, 0.5) is 11.4 Å². The van der Waals surface area contributed by atoms with Gasteiger partial charge < -0.3 is 24.8 Å². The summed E-state index contributed by atoms with van der Waals surface area (Å²) in [6.07, 6.45) is 8.17. The minimum Gasteiger partial charge on any atom is -0.495 e. The normalized spacial score (nSPS) is 20.1. The van der Waals surface area contributed by atoms with E-state index < -0.39 is 0 Å². The number of nitrogens with one attached hydrogen (secondary N) is 2. The van der Waals surface area contributed by atoms with E-state index in [1.54, 1.807) is 7.11 Å². The van der Waals surface area contributed by atoms with E-state index in [0.717, 1.165) is 11.4 Å². The second-order valence-corrected chi connectivity index (χ2v) is 10.4. The number of aromatic nitrogens is 2. The molecule has 3 aromatic rings. The predicted octanol–water partition coefficient (Wildman–Crippen LogP) is 6.15. The summed E-state index contributed by atoms with van der Waals surface area (Å²) in [5.74, 6) is 0.446. The smallest absolute Gasteiger partial charge is 0.221 e. The lowest BCUT2D eigenvalue weighted by Crippen LogP contribution is -2.29. The van der Waals surface area contributed by atoms with Crippen molar-refractivity contribution in [2.45, 2.75) is 71.0 Å². The number of benzene rings is 1. The topological polar surface area (TPSA) is 71.4 Å². The molecule has 0 radical (unpaired) electrons. The number of carbonyl (C=O) groups is 1. The zero-order valence-corrected chi connectivity index (χ0v) is 22.8.